The first-order chi connectivity index (χ1) is 7.22. The second-order valence-corrected chi connectivity index (χ2v) is 9.42. The third-order valence-electron chi connectivity index (χ3n) is 3.27. The molecule has 1 rings (SSSR count). The van der Waals surface area contributed by atoms with Crippen LogP contribution in [0.15, 0.2) is 0 Å². The van der Waals surface area contributed by atoms with Crippen molar-refractivity contribution in [2.45, 2.75) is 70.9 Å². The van der Waals surface area contributed by atoms with E-state index in [2.05, 4.69) is 34.6 Å². The molecule has 2 nitrogen and oxygen atoms in total. The topological polar surface area (TPSA) is 26.3 Å². The smallest absolute Gasteiger partial charge is 0.167 e. The largest absolute Gasteiger partial charge is 0.418 e. The van der Waals surface area contributed by atoms with Crippen LogP contribution in [0.1, 0.15) is 60.3 Å². The molecular formula is C13H26O2Si. The van der Waals surface area contributed by atoms with Gasteiger partial charge in [-0.15, -0.1) is 0 Å². The van der Waals surface area contributed by atoms with Crippen molar-refractivity contribution < 1.29 is 9.22 Å². The zero-order valence-electron chi connectivity index (χ0n) is 11.4. The van der Waals surface area contributed by atoms with Gasteiger partial charge in [-0.05, 0) is 31.7 Å². The minimum Gasteiger partial charge on any atom is -0.418 e. The van der Waals surface area contributed by atoms with Crippen molar-refractivity contribution in [1.82, 2.24) is 0 Å². The van der Waals surface area contributed by atoms with Crippen LogP contribution >= 0.6 is 0 Å². The zero-order chi connectivity index (χ0) is 12.4. The first-order valence-corrected chi connectivity index (χ1v) is 7.67. The Labute approximate surface area is 102 Å². The van der Waals surface area contributed by atoms with Crippen molar-refractivity contribution in [3.8, 4) is 0 Å². The molecule has 0 saturated heterocycles. The first kappa shape index (κ1) is 13.9. The molecule has 0 amide bonds. The minimum atomic E-state index is -0.574. The molecule has 0 heterocycles. The molecule has 1 aliphatic rings. The van der Waals surface area contributed by atoms with Gasteiger partial charge in [0.15, 0.2) is 9.76 Å². The van der Waals surface area contributed by atoms with Gasteiger partial charge in [-0.1, -0.05) is 27.2 Å². The van der Waals surface area contributed by atoms with Crippen LogP contribution in [0.4, 0.5) is 0 Å². The summed E-state index contributed by atoms with van der Waals surface area (Å²) in [6, 6.07) is 0. The second-order valence-electron chi connectivity index (χ2n) is 6.72. The molecule has 0 spiro atoms. The predicted molar refractivity (Wildman–Crippen MR) is 70.4 cm³/mol. The number of rotatable bonds is 3. The van der Waals surface area contributed by atoms with Gasteiger partial charge in [0.1, 0.15) is 5.78 Å². The lowest BCUT2D eigenvalue weighted by Crippen LogP contribution is -2.43. The molecule has 16 heavy (non-hydrogen) atoms. The summed E-state index contributed by atoms with van der Waals surface area (Å²) >= 11 is 0. The maximum Gasteiger partial charge on any atom is 0.167 e. The summed E-state index contributed by atoms with van der Waals surface area (Å²) in [7, 11) is -0.574. The van der Waals surface area contributed by atoms with Crippen LogP contribution in [-0.2, 0) is 9.22 Å². The summed E-state index contributed by atoms with van der Waals surface area (Å²) in [4.78, 5) is 11.9. The van der Waals surface area contributed by atoms with E-state index in [0.29, 0.717) is 10.8 Å². The molecular weight excluding hydrogens is 216 g/mol. The molecule has 1 atom stereocenters. The van der Waals surface area contributed by atoms with E-state index in [1.807, 2.05) is 0 Å². The van der Waals surface area contributed by atoms with E-state index < -0.39 is 9.76 Å². The molecule has 0 N–H and O–H groups in total. The molecule has 0 aromatic rings. The van der Waals surface area contributed by atoms with Crippen LogP contribution < -0.4 is 0 Å². The van der Waals surface area contributed by atoms with Crippen LogP contribution in [0.2, 0.25) is 5.04 Å². The third-order valence-corrected chi connectivity index (χ3v) is 5.03. The lowest BCUT2D eigenvalue weighted by Gasteiger charge is -2.38. The highest BCUT2D eigenvalue weighted by molar-refractivity contribution is 6.31. The monoisotopic (exact) mass is 242 g/mol. The lowest BCUT2D eigenvalue weighted by atomic mass is 9.78. The van der Waals surface area contributed by atoms with Crippen LogP contribution in [0.25, 0.3) is 0 Å². The van der Waals surface area contributed by atoms with Crippen molar-refractivity contribution in [3.05, 3.63) is 0 Å². The SMILES string of the molecule is CC(C)(C)[SiH2]OC(C)(C)C1CCCCC1=O. The van der Waals surface area contributed by atoms with E-state index in [0.717, 1.165) is 19.3 Å². The summed E-state index contributed by atoms with van der Waals surface area (Å²) in [5, 5.41) is 0.301. The van der Waals surface area contributed by atoms with Crippen molar-refractivity contribution in [1.29, 1.82) is 0 Å². The Morgan fingerprint density at radius 1 is 1.19 bits per heavy atom. The summed E-state index contributed by atoms with van der Waals surface area (Å²) < 4.78 is 6.12. The molecule has 94 valence electrons. The van der Waals surface area contributed by atoms with Gasteiger partial charge in [-0.3, -0.25) is 4.79 Å². The zero-order valence-corrected chi connectivity index (χ0v) is 12.8. The van der Waals surface area contributed by atoms with Crippen molar-refractivity contribution >= 4 is 15.5 Å². The van der Waals surface area contributed by atoms with Gasteiger partial charge in [-0.2, -0.15) is 0 Å². The maximum atomic E-state index is 11.9. The van der Waals surface area contributed by atoms with Gasteiger partial charge >= 0.3 is 0 Å². The van der Waals surface area contributed by atoms with Crippen molar-refractivity contribution in [2.75, 3.05) is 0 Å². The van der Waals surface area contributed by atoms with Crippen LogP contribution in [0.5, 0.6) is 0 Å². The lowest BCUT2D eigenvalue weighted by molar-refractivity contribution is -0.131. The van der Waals surface area contributed by atoms with Crippen LogP contribution in [-0.4, -0.2) is 21.1 Å². The molecule has 3 heteroatoms. The summed E-state index contributed by atoms with van der Waals surface area (Å²) in [6.07, 6.45) is 4.03. The van der Waals surface area contributed by atoms with Gasteiger partial charge in [0.2, 0.25) is 0 Å². The van der Waals surface area contributed by atoms with Crippen molar-refractivity contribution in [2.24, 2.45) is 5.92 Å². The van der Waals surface area contributed by atoms with Crippen LogP contribution in [0, 0.1) is 5.92 Å². The molecule has 1 unspecified atom stereocenters. The Kier molecular flexibility index (Phi) is 4.35. The molecule has 0 aromatic carbocycles. The Balaban J connectivity index is 2.58. The van der Waals surface area contributed by atoms with Gasteiger partial charge in [0.25, 0.3) is 0 Å². The summed E-state index contributed by atoms with van der Waals surface area (Å²) in [5.74, 6) is 0.551. The van der Waals surface area contributed by atoms with E-state index in [9.17, 15) is 4.79 Å². The minimum absolute atomic E-state index is 0.135. The molecule has 0 aliphatic heterocycles. The Morgan fingerprint density at radius 2 is 1.81 bits per heavy atom. The van der Waals surface area contributed by atoms with Crippen molar-refractivity contribution in [3.63, 3.8) is 0 Å². The molecule has 0 bridgehead atoms. The van der Waals surface area contributed by atoms with Gasteiger partial charge < -0.3 is 4.43 Å². The molecule has 0 aromatic heterocycles. The summed E-state index contributed by atoms with van der Waals surface area (Å²) in [6.45, 7) is 10.9. The highest BCUT2D eigenvalue weighted by atomic mass is 28.2. The number of hydrogen-bond acceptors (Lipinski definition) is 2. The quantitative estimate of drug-likeness (QED) is 0.711. The Morgan fingerprint density at radius 3 is 2.31 bits per heavy atom. The van der Waals surface area contributed by atoms with E-state index in [-0.39, 0.29) is 11.5 Å². The number of carbonyl (C=O) groups excluding carboxylic acids is 1. The number of carbonyl (C=O) groups is 1. The molecule has 0 radical (unpaired) electrons. The van der Waals surface area contributed by atoms with Crippen LogP contribution in [0.3, 0.4) is 0 Å². The Bertz CT molecular complexity index is 253. The van der Waals surface area contributed by atoms with E-state index in [1.165, 1.54) is 6.42 Å². The summed E-state index contributed by atoms with van der Waals surface area (Å²) in [5.41, 5.74) is -0.239. The highest BCUT2D eigenvalue weighted by Gasteiger charge is 2.37. The highest BCUT2D eigenvalue weighted by Crippen LogP contribution is 2.34. The average molecular weight is 242 g/mol. The second kappa shape index (κ2) is 5.01. The van der Waals surface area contributed by atoms with Gasteiger partial charge in [-0.25, -0.2) is 0 Å². The molecule has 1 fully saturated rings. The van der Waals surface area contributed by atoms with Gasteiger partial charge in [0.05, 0.1) is 5.60 Å². The normalized spacial score (nSPS) is 24.3. The fraction of sp³-hybridized carbons (Fsp3) is 0.923. The Hall–Kier alpha value is -0.153. The fourth-order valence-electron chi connectivity index (χ4n) is 2.22. The standard InChI is InChI=1S/C13H26O2Si/c1-12(2,3)16-15-13(4,5)10-8-6-7-9-11(10)14/h10H,6-9,16H2,1-5H3. The average Bonchev–Trinajstić information content (AvgIpc) is 2.14. The van der Waals surface area contributed by atoms with E-state index in [4.69, 9.17) is 4.43 Å². The number of ketones is 1. The maximum absolute atomic E-state index is 11.9. The molecule has 1 aliphatic carbocycles. The number of hydrogen-bond donors (Lipinski definition) is 0. The van der Waals surface area contributed by atoms with E-state index >= 15 is 0 Å². The first-order valence-electron chi connectivity index (χ1n) is 6.39. The predicted octanol–water partition coefficient (Wildman–Crippen LogP) is 2.84. The van der Waals surface area contributed by atoms with Gasteiger partial charge in [0, 0.05) is 12.3 Å². The fourth-order valence-corrected chi connectivity index (χ4v) is 3.23. The molecule has 1 saturated carbocycles. The third kappa shape index (κ3) is 4.02. The van der Waals surface area contributed by atoms with E-state index in [1.54, 1.807) is 0 Å². The number of Topliss-reactive ketones (excluding diaryl/α,β-unsaturated/α-hetero) is 1.